The number of nitrogens with zero attached hydrogens (tertiary/aromatic N) is 2. The van der Waals surface area contributed by atoms with E-state index < -0.39 is 21.8 Å². The van der Waals surface area contributed by atoms with Gasteiger partial charge in [0.05, 0.1) is 11.8 Å². The first-order valence-corrected chi connectivity index (χ1v) is 6.88. The molecule has 1 atom stereocenters. The van der Waals surface area contributed by atoms with E-state index in [0.717, 1.165) is 6.26 Å². The highest BCUT2D eigenvalue weighted by molar-refractivity contribution is 7.90. The maximum atomic E-state index is 11.1. The van der Waals surface area contributed by atoms with Gasteiger partial charge in [-0.05, 0) is 6.42 Å². The summed E-state index contributed by atoms with van der Waals surface area (Å²) in [6.45, 7) is 0. The van der Waals surface area contributed by atoms with Crippen molar-refractivity contribution in [1.29, 1.82) is 0 Å². The van der Waals surface area contributed by atoms with Gasteiger partial charge in [0.25, 0.3) is 11.7 Å². The Morgan fingerprint density at radius 2 is 2.24 bits per heavy atom. The lowest BCUT2D eigenvalue weighted by Crippen LogP contribution is -2.20. The summed E-state index contributed by atoms with van der Waals surface area (Å²) in [5.74, 6) is -0.647. The van der Waals surface area contributed by atoms with Gasteiger partial charge in [-0.15, -0.1) is 0 Å². The van der Waals surface area contributed by atoms with Crippen LogP contribution in [0.2, 0.25) is 0 Å². The second-order valence-corrected chi connectivity index (χ2v) is 5.82. The standard InChI is InChI=1S/C8H14N4O4S/c1-10-7(13)6-11-8(16-12-6)5(9)3-4-17(2,14)15/h5H,3-4,9H2,1-2H3,(H,10,13). The van der Waals surface area contributed by atoms with Crippen LogP contribution in [-0.2, 0) is 9.84 Å². The molecule has 1 unspecified atom stereocenters. The highest BCUT2D eigenvalue weighted by atomic mass is 32.2. The third kappa shape index (κ3) is 4.11. The number of nitrogens with two attached hydrogens (primary N) is 1. The minimum Gasteiger partial charge on any atom is -0.352 e. The normalized spacial score (nSPS) is 13.4. The molecule has 1 rings (SSSR count). The maximum absolute atomic E-state index is 11.1. The van der Waals surface area contributed by atoms with E-state index in [2.05, 4.69) is 15.5 Å². The summed E-state index contributed by atoms with van der Waals surface area (Å²) in [4.78, 5) is 14.9. The highest BCUT2D eigenvalue weighted by Gasteiger charge is 2.19. The Balaban J connectivity index is 2.67. The number of nitrogens with one attached hydrogen (secondary N) is 1. The molecule has 17 heavy (non-hydrogen) atoms. The van der Waals surface area contributed by atoms with Crippen LogP contribution in [0.4, 0.5) is 0 Å². The average Bonchev–Trinajstić information content (AvgIpc) is 2.73. The van der Waals surface area contributed by atoms with Crippen molar-refractivity contribution >= 4 is 15.7 Å². The summed E-state index contributed by atoms with van der Waals surface area (Å²) in [7, 11) is -1.66. The molecule has 96 valence electrons. The molecule has 1 heterocycles. The molecule has 0 saturated heterocycles. The zero-order chi connectivity index (χ0) is 13.1. The van der Waals surface area contributed by atoms with Crippen molar-refractivity contribution < 1.29 is 17.7 Å². The number of sulfone groups is 1. The van der Waals surface area contributed by atoms with Gasteiger partial charge < -0.3 is 15.6 Å². The van der Waals surface area contributed by atoms with Crippen LogP contribution in [0.3, 0.4) is 0 Å². The van der Waals surface area contributed by atoms with Gasteiger partial charge in [-0.1, -0.05) is 5.16 Å². The van der Waals surface area contributed by atoms with Crippen molar-refractivity contribution in [3.05, 3.63) is 11.7 Å². The quantitative estimate of drug-likeness (QED) is 0.686. The fourth-order valence-corrected chi connectivity index (χ4v) is 1.74. The van der Waals surface area contributed by atoms with Gasteiger partial charge in [0.1, 0.15) is 9.84 Å². The van der Waals surface area contributed by atoms with Crippen molar-refractivity contribution in [2.24, 2.45) is 5.73 Å². The molecule has 9 heteroatoms. The van der Waals surface area contributed by atoms with E-state index in [1.54, 1.807) is 0 Å². The van der Waals surface area contributed by atoms with E-state index >= 15 is 0 Å². The molecule has 0 fully saturated rings. The Kier molecular flexibility index (Phi) is 4.18. The highest BCUT2D eigenvalue weighted by Crippen LogP contribution is 2.12. The third-order valence-electron chi connectivity index (χ3n) is 1.99. The molecule has 0 bridgehead atoms. The van der Waals surface area contributed by atoms with Crippen molar-refractivity contribution in [1.82, 2.24) is 15.5 Å². The van der Waals surface area contributed by atoms with Crippen molar-refractivity contribution in [2.75, 3.05) is 19.1 Å². The monoisotopic (exact) mass is 262 g/mol. The molecule has 0 aliphatic carbocycles. The van der Waals surface area contributed by atoms with Crippen molar-refractivity contribution in [3.63, 3.8) is 0 Å². The number of rotatable bonds is 5. The molecule has 8 nitrogen and oxygen atoms in total. The first-order valence-electron chi connectivity index (χ1n) is 4.82. The second-order valence-electron chi connectivity index (χ2n) is 3.56. The van der Waals surface area contributed by atoms with E-state index in [1.165, 1.54) is 7.05 Å². The Morgan fingerprint density at radius 3 is 2.76 bits per heavy atom. The van der Waals surface area contributed by atoms with Gasteiger partial charge in [0, 0.05) is 13.3 Å². The molecule has 0 radical (unpaired) electrons. The zero-order valence-corrected chi connectivity index (χ0v) is 10.3. The molecule has 1 aromatic rings. The maximum Gasteiger partial charge on any atom is 0.292 e. The Bertz CT molecular complexity index is 495. The van der Waals surface area contributed by atoms with Crippen LogP contribution in [0.1, 0.15) is 29.0 Å². The van der Waals surface area contributed by atoms with Crippen LogP contribution < -0.4 is 11.1 Å². The molecule has 1 amide bonds. The molecular formula is C8H14N4O4S. The van der Waals surface area contributed by atoms with Crippen LogP contribution in [-0.4, -0.2) is 43.5 Å². The summed E-state index contributed by atoms with van der Waals surface area (Å²) < 4.78 is 26.7. The molecule has 0 aromatic carbocycles. The van der Waals surface area contributed by atoms with E-state index in [1.807, 2.05) is 0 Å². The topological polar surface area (TPSA) is 128 Å². The van der Waals surface area contributed by atoms with Crippen molar-refractivity contribution in [2.45, 2.75) is 12.5 Å². The van der Waals surface area contributed by atoms with Gasteiger partial charge in [-0.3, -0.25) is 4.79 Å². The van der Waals surface area contributed by atoms with E-state index in [0.29, 0.717) is 0 Å². The molecule has 1 aromatic heterocycles. The first-order chi connectivity index (χ1) is 7.83. The van der Waals surface area contributed by atoms with Gasteiger partial charge >= 0.3 is 0 Å². The summed E-state index contributed by atoms with van der Waals surface area (Å²) >= 11 is 0. The lowest BCUT2D eigenvalue weighted by molar-refractivity contribution is 0.0950. The molecular weight excluding hydrogens is 248 g/mol. The average molecular weight is 262 g/mol. The Labute approximate surface area is 98.5 Å². The summed E-state index contributed by atoms with van der Waals surface area (Å²) in [5, 5.41) is 5.75. The molecule has 0 saturated carbocycles. The predicted octanol–water partition coefficient (Wildman–Crippen LogP) is -1.14. The number of carbonyl (C=O) groups excluding carboxylic acids is 1. The molecule has 0 aliphatic rings. The lowest BCUT2D eigenvalue weighted by Gasteiger charge is -2.04. The number of amides is 1. The fraction of sp³-hybridized carbons (Fsp3) is 0.625. The Morgan fingerprint density at radius 1 is 1.59 bits per heavy atom. The number of carbonyl (C=O) groups is 1. The molecule has 3 N–H and O–H groups in total. The van der Waals surface area contributed by atoms with Gasteiger partial charge in [0.15, 0.2) is 0 Å². The van der Waals surface area contributed by atoms with Crippen molar-refractivity contribution in [3.8, 4) is 0 Å². The Hall–Kier alpha value is -1.48. The van der Waals surface area contributed by atoms with E-state index in [9.17, 15) is 13.2 Å². The molecule has 0 aliphatic heterocycles. The minimum absolute atomic E-state index is 0.0484. The summed E-state index contributed by atoms with van der Waals surface area (Å²) in [6.07, 6.45) is 1.28. The van der Waals surface area contributed by atoms with Crippen LogP contribution in [0.5, 0.6) is 0 Å². The largest absolute Gasteiger partial charge is 0.352 e. The van der Waals surface area contributed by atoms with Gasteiger partial charge in [-0.25, -0.2) is 8.42 Å². The van der Waals surface area contributed by atoms with E-state index in [-0.39, 0.29) is 23.9 Å². The predicted molar refractivity (Wildman–Crippen MR) is 58.9 cm³/mol. The minimum atomic E-state index is -3.09. The summed E-state index contributed by atoms with van der Waals surface area (Å²) in [5.41, 5.74) is 5.66. The zero-order valence-electron chi connectivity index (χ0n) is 9.50. The van der Waals surface area contributed by atoms with Crippen LogP contribution >= 0.6 is 0 Å². The van der Waals surface area contributed by atoms with Gasteiger partial charge in [0.2, 0.25) is 5.89 Å². The van der Waals surface area contributed by atoms with Crippen LogP contribution in [0, 0.1) is 0 Å². The summed E-state index contributed by atoms with van der Waals surface area (Å²) in [6, 6.07) is -0.698. The van der Waals surface area contributed by atoms with Crippen LogP contribution in [0.25, 0.3) is 0 Å². The number of aromatic nitrogens is 2. The first kappa shape index (κ1) is 13.6. The lowest BCUT2D eigenvalue weighted by atomic mass is 10.2. The van der Waals surface area contributed by atoms with Gasteiger partial charge in [-0.2, -0.15) is 4.98 Å². The SMILES string of the molecule is CNC(=O)c1noc(C(N)CCS(C)(=O)=O)n1. The third-order valence-corrected chi connectivity index (χ3v) is 2.97. The molecule has 0 spiro atoms. The number of hydrogen-bond acceptors (Lipinski definition) is 7. The smallest absolute Gasteiger partial charge is 0.292 e. The van der Waals surface area contributed by atoms with Crippen LogP contribution in [0.15, 0.2) is 4.52 Å². The fourth-order valence-electron chi connectivity index (χ4n) is 1.05. The second kappa shape index (κ2) is 5.23. The van der Waals surface area contributed by atoms with E-state index in [4.69, 9.17) is 10.3 Å². The number of hydrogen-bond donors (Lipinski definition) is 2.